The summed E-state index contributed by atoms with van der Waals surface area (Å²) in [5, 5.41) is 8.54. The maximum Gasteiger partial charge on any atom is 0.267 e. The first kappa shape index (κ1) is 9.41. The van der Waals surface area contributed by atoms with E-state index in [4.69, 9.17) is 5.11 Å². The molecule has 1 N–H and O–H groups in total. The van der Waals surface area contributed by atoms with Crippen molar-refractivity contribution in [2.75, 3.05) is 6.61 Å². The molecule has 0 spiro atoms. The molecule has 0 bridgehead atoms. The lowest BCUT2D eigenvalue weighted by Gasteiger charge is -2.02. The molecule has 1 aromatic heterocycles. The first-order valence-electron chi connectivity index (χ1n) is 3.56. The molecule has 1 heterocycles. The average molecular weight is 233 g/mol. The van der Waals surface area contributed by atoms with Crippen LogP contribution < -0.4 is 5.56 Å². The van der Waals surface area contributed by atoms with Gasteiger partial charge >= 0.3 is 0 Å². The molecule has 0 atom stereocenters. The van der Waals surface area contributed by atoms with Gasteiger partial charge < -0.3 is 5.11 Å². The van der Waals surface area contributed by atoms with Crippen LogP contribution in [0.25, 0.3) is 0 Å². The number of aliphatic hydroxyl groups excluding tert-OH is 1. The molecule has 66 valence electrons. The van der Waals surface area contributed by atoms with Crippen molar-refractivity contribution < 1.29 is 5.11 Å². The summed E-state index contributed by atoms with van der Waals surface area (Å²) in [6.45, 7) is 0.584. The maximum absolute atomic E-state index is 11.3. The topological polar surface area (TPSA) is 55.1 Å². The molecule has 0 fully saturated rings. The van der Waals surface area contributed by atoms with Crippen LogP contribution in [0.3, 0.4) is 0 Å². The Labute approximate surface area is 78.0 Å². The SMILES string of the molecule is O=c1c(Br)cncn1CCCO. The van der Waals surface area contributed by atoms with Crippen LogP contribution in [0.4, 0.5) is 0 Å². The van der Waals surface area contributed by atoms with Crippen molar-refractivity contribution in [3.63, 3.8) is 0 Å². The van der Waals surface area contributed by atoms with E-state index in [0.29, 0.717) is 17.4 Å². The summed E-state index contributed by atoms with van der Waals surface area (Å²) in [5.74, 6) is 0. The lowest BCUT2D eigenvalue weighted by Crippen LogP contribution is -2.21. The molecule has 4 nitrogen and oxygen atoms in total. The molecule has 0 unspecified atom stereocenters. The van der Waals surface area contributed by atoms with Crippen LogP contribution in [-0.2, 0) is 6.54 Å². The number of hydrogen-bond acceptors (Lipinski definition) is 3. The Morgan fingerprint density at radius 2 is 2.42 bits per heavy atom. The van der Waals surface area contributed by atoms with E-state index in [1.807, 2.05) is 0 Å². The Morgan fingerprint density at radius 1 is 1.67 bits per heavy atom. The highest BCUT2D eigenvalue weighted by atomic mass is 79.9. The number of hydrogen-bond donors (Lipinski definition) is 1. The van der Waals surface area contributed by atoms with E-state index in [1.165, 1.54) is 17.1 Å². The zero-order chi connectivity index (χ0) is 8.97. The van der Waals surface area contributed by atoms with Gasteiger partial charge in [-0.3, -0.25) is 9.36 Å². The van der Waals surface area contributed by atoms with Crippen LogP contribution in [0.2, 0.25) is 0 Å². The quantitative estimate of drug-likeness (QED) is 0.821. The number of aryl methyl sites for hydroxylation is 1. The number of nitrogens with zero attached hydrogens (tertiary/aromatic N) is 2. The van der Waals surface area contributed by atoms with Gasteiger partial charge in [-0.2, -0.15) is 0 Å². The zero-order valence-electron chi connectivity index (χ0n) is 6.40. The van der Waals surface area contributed by atoms with E-state index in [2.05, 4.69) is 20.9 Å². The number of halogens is 1. The molecular formula is C7H9BrN2O2. The Bertz CT molecular complexity index is 311. The van der Waals surface area contributed by atoms with E-state index in [9.17, 15) is 4.79 Å². The lowest BCUT2D eigenvalue weighted by atomic mass is 10.4. The van der Waals surface area contributed by atoms with Crippen molar-refractivity contribution in [1.29, 1.82) is 0 Å². The monoisotopic (exact) mass is 232 g/mol. The Kier molecular flexibility index (Phi) is 3.43. The van der Waals surface area contributed by atoms with Crippen LogP contribution >= 0.6 is 15.9 Å². The second kappa shape index (κ2) is 4.37. The highest BCUT2D eigenvalue weighted by Crippen LogP contribution is 1.98. The molecule has 12 heavy (non-hydrogen) atoms. The molecular weight excluding hydrogens is 224 g/mol. The lowest BCUT2D eigenvalue weighted by molar-refractivity contribution is 0.278. The van der Waals surface area contributed by atoms with E-state index in [0.717, 1.165) is 0 Å². The molecule has 1 rings (SSSR count). The molecule has 0 saturated heterocycles. The number of rotatable bonds is 3. The predicted molar refractivity (Wildman–Crippen MR) is 47.9 cm³/mol. The van der Waals surface area contributed by atoms with Gasteiger partial charge in [-0.25, -0.2) is 4.98 Å². The van der Waals surface area contributed by atoms with Gasteiger partial charge in [-0.15, -0.1) is 0 Å². The molecule has 0 amide bonds. The minimum Gasteiger partial charge on any atom is -0.396 e. The summed E-state index contributed by atoms with van der Waals surface area (Å²) in [5.41, 5.74) is -0.113. The highest BCUT2D eigenvalue weighted by molar-refractivity contribution is 9.10. The fraction of sp³-hybridized carbons (Fsp3) is 0.429. The molecule has 0 aliphatic rings. The molecule has 0 aliphatic carbocycles. The second-order valence-corrected chi connectivity index (χ2v) is 3.17. The molecule has 0 aromatic carbocycles. The molecule has 1 aromatic rings. The third-order valence-corrected chi connectivity index (χ3v) is 1.96. The van der Waals surface area contributed by atoms with Crippen molar-refractivity contribution in [2.24, 2.45) is 0 Å². The van der Waals surface area contributed by atoms with Gasteiger partial charge in [0.05, 0.1) is 6.33 Å². The standard InChI is InChI=1S/C7H9BrN2O2/c8-6-4-9-5-10(7(6)12)2-1-3-11/h4-5,11H,1-3H2. The van der Waals surface area contributed by atoms with Crippen LogP contribution in [0.15, 0.2) is 21.8 Å². The van der Waals surface area contributed by atoms with E-state index < -0.39 is 0 Å². The molecule has 0 aliphatic heterocycles. The summed E-state index contributed by atoms with van der Waals surface area (Å²) in [6.07, 6.45) is 3.48. The predicted octanol–water partition coefficient (Wildman–Crippen LogP) is 0.388. The van der Waals surface area contributed by atoms with Crippen LogP contribution in [0.1, 0.15) is 6.42 Å². The van der Waals surface area contributed by atoms with E-state index >= 15 is 0 Å². The number of aliphatic hydroxyl groups is 1. The third-order valence-electron chi connectivity index (χ3n) is 1.42. The first-order chi connectivity index (χ1) is 5.75. The molecule has 0 radical (unpaired) electrons. The normalized spacial score (nSPS) is 10.2. The minimum atomic E-state index is -0.113. The van der Waals surface area contributed by atoms with Gasteiger partial charge in [0.2, 0.25) is 0 Å². The van der Waals surface area contributed by atoms with Gasteiger partial charge in [0.15, 0.2) is 0 Å². The minimum absolute atomic E-state index is 0.0823. The Morgan fingerprint density at radius 3 is 3.08 bits per heavy atom. The third kappa shape index (κ3) is 2.15. The van der Waals surface area contributed by atoms with Crippen molar-refractivity contribution in [1.82, 2.24) is 9.55 Å². The smallest absolute Gasteiger partial charge is 0.267 e. The second-order valence-electron chi connectivity index (χ2n) is 2.32. The largest absolute Gasteiger partial charge is 0.396 e. The molecule has 5 heteroatoms. The van der Waals surface area contributed by atoms with Crippen LogP contribution in [0.5, 0.6) is 0 Å². The number of aromatic nitrogens is 2. The average Bonchev–Trinajstić information content (AvgIpc) is 2.08. The van der Waals surface area contributed by atoms with E-state index in [-0.39, 0.29) is 12.2 Å². The van der Waals surface area contributed by atoms with Crippen molar-refractivity contribution in [3.8, 4) is 0 Å². The summed E-state index contributed by atoms with van der Waals surface area (Å²) in [4.78, 5) is 15.1. The van der Waals surface area contributed by atoms with Gasteiger partial charge in [0, 0.05) is 19.3 Å². The van der Waals surface area contributed by atoms with Crippen molar-refractivity contribution in [3.05, 3.63) is 27.4 Å². The fourth-order valence-corrected chi connectivity index (χ4v) is 1.17. The van der Waals surface area contributed by atoms with Crippen molar-refractivity contribution in [2.45, 2.75) is 13.0 Å². The van der Waals surface area contributed by atoms with E-state index in [1.54, 1.807) is 0 Å². The summed E-state index contributed by atoms with van der Waals surface area (Å²) in [6, 6.07) is 0. The van der Waals surface area contributed by atoms with Gasteiger partial charge in [-0.1, -0.05) is 0 Å². The van der Waals surface area contributed by atoms with Gasteiger partial charge in [-0.05, 0) is 22.4 Å². The van der Waals surface area contributed by atoms with Gasteiger partial charge in [0.25, 0.3) is 5.56 Å². The summed E-state index contributed by atoms with van der Waals surface area (Å²) in [7, 11) is 0. The maximum atomic E-state index is 11.3. The van der Waals surface area contributed by atoms with Crippen LogP contribution in [-0.4, -0.2) is 21.3 Å². The van der Waals surface area contributed by atoms with Crippen molar-refractivity contribution >= 4 is 15.9 Å². The highest BCUT2D eigenvalue weighted by Gasteiger charge is 1.98. The van der Waals surface area contributed by atoms with Crippen LogP contribution in [0, 0.1) is 0 Å². The summed E-state index contributed by atoms with van der Waals surface area (Å²) < 4.78 is 1.91. The van der Waals surface area contributed by atoms with Gasteiger partial charge in [0.1, 0.15) is 4.47 Å². The zero-order valence-corrected chi connectivity index (χ0v) is 7.99. The molecule has 0 saturated carbocycles. The Balaban J connectivity index is 2.85. The summed E-state index contributed by atoms with van der Waals surface area (Å²) >= 11 is 3.08. The first-order valence-corrected chi connectivity index (χ1v) is 4.36. The Hall–Kier alpha value is -0.680. The fourth-order valence-electron chi connectivity index (χ4n) is 0.824.